The molecule has 24 aromatic rings. The number of fused-ring (bicyclic) bond motifs is 15. The molecule has 0 amide bonds. The first-order valence-corrected chi connectivity index (χ1v) is 40.5. The Labute approximate surface area is 706 Å². The van der Waals surface area contributed by atoms with E-state index in [0.29, 0.717) is 16.7 Å². The van der Waals surface area contributed by atoms with Gasteiger partial charge >= 0.3 is 0 Å². The Morgan fingerprint density at radius 1 is 0.179 bits per heavy atom. The van der Waals surface area contributed by atoms with Crippen LogP contribution in [0.15, 0.2) is 441 Å². The summed E-state index contributed by atoms with van der Waals surface area (Å²) in [7, 11) is 0. The van der Waals surface area contributed by atoms with Crippen LogP contribution in [-0.4, -0.2) is 0 Å². The number of hydrogen-bond acceptors (Lipinski definition) is 3. The predicted octanol–water partition coefficient (Wildman–Crippen LogP) is 33.6. The lowest BCUT2D eigenvalue weighted by atomic mass is 9.86. The topological polar surface area (TPSA) is 13.1 Å². The van der Waals surface area contributed by atoms with Crippen LogP contribution < -0.4 is 0 Å². The summed E-state index contributed by atoms with van der Waals surface area (Å²) in [5.41, 5.74) is 17.3. The Hall–Kier alpha value is -14.6. The maximum Gasteiger partial charge on any atom is 0.143 e. The van der Waals surface area contributed by atoms with Crippen molar-refractivity contribution in [1.29, 1.82) is 0 Å². The van der Waals surface area contributed by atoms with E-state index in [0.717, 1.165) is 142 Å². The summed E-state index contributed by atoms with van der Waals surface area (Å²) < 4.78 is 138. The van der Waals surface area contributed by atoms with Crippen molar-refractivity contribution in [2.24, 2.45) is 0 Å². The van der Waals surface area contributed by atoms with Gasteiger partial charge in [0.1, 0.15) is 11.2 Å². The molecule has 21 aromatic carbocycles. The monoisotopic (exact) mass is 1540 g/mol. The molecule has 0 aliphatic heterocycles. The molecule has 3 heterocycles. The number of rotatable bonds is 9. The molecule has 3 aromatic heterocycles. The lowest BCUT2D eigenvalue weighted by Gasteiger charge is -2.18. The van der Waals surface area contributed by atoms with E-state index in [2.05, 4.69) is 206 Å². The summed E-state index contributed by atoms with van der Waals surface area (Å²) in [6.07, 6.45) is 0. The van der Waals surface area contributed by atoms with E-state index in [9.17, 15) is 0 Å². The average molecular weight is 1540 g/mol. The summed E-state index contributed by atoms with van der Waals surface area (Å²) in [4.78, 5) is 0. The van der Waals surface area contributed by atoms with Gasteiger partial charge in [-0.3, -0.25) is 0 Å². The average Bonchev–Trinajstić information content (AvgIpc) is 0.956. The summed E-state index contributed by atoms with van der Waals surface area (Å²) >= 11 is 3.64. The van der Waals surface area contributed by atoms with Crippen molar-refractivity contribution in [1.82, 2.24) is 0 Å². The Morgan fingerprint density at radius 3 is 0.872 bits per heavy atom. The predicted molar refractivity (Wildman–Crippen MR) is 506 cm³/mol. The van der Waals surface area contributed by atoms with Crippen LogP contribution in [0, 0.1) is 0 Å². The Bertz CT molecular complexity index is 8350. The van der Waals surface area contributed by atoms with E-state index in [4.69, 9.17) is 25.0 Å². The van der Waals surface area contributed by atoms with Crippen LogP contribution in [-0.2, 0) is 0 Å². The standard InChI is InChI=1S/C38H24O.2C38H24S/c2*1-2-11-26(12-3-1)36-30-14-4-6-16-32(30)37(33-17-7-5-15-31(33)36)27-23-21-25(22-24-27)28-18-10-19-34-29-13-8-9-20-35(29)39-38(28)34;1-2-10-26(11-3-1)37-30-13-4-6-15-32(30)38(33-16-7-5-14-31(33)37)27-20-18-25(19-21-27)28-22-23-36-34(24-28)29-12-8-9-17-35(29)39-36/h3*1-24H/i2*1D,2D,3D,11D,12D;1D,2D,3D,10D,11D. The van der Waals surface area contributed by atoms with Crippen molar-refractivity contribution in [3.8, 4) is 100 Å². The normalized spacial score (nSPS) is 13.4. The highest BCUT2D eigenvalue weighted by Crippen LogP contribution is 2.50. The third-order valence-corrected chi connectivity index (χ3v) is 25.1. The summed E-state index contributed by atoms with van der Waals surface area (Å²) in [6.45, 7) is 0. The van der Waals surface area contributed by atoms with Crippen LogP contribution in [0.5, 0.6) is 0 Å². The van der Waals surface area contributed by atoms with Gasteiger partial charge < -0.3 is 4.42 Å². The molecule has 0 aliphatic carbocycles. The lowest BCUT2D eigenvalue weighted by molar-refractivity contribution is 0.670. The summed E-state index contributed by atoms with van der Waals surface area (Å²) in [6, 6.07) is 114. The Balaban J connectivity index is 0.000000116. The minimum Gasteiger partial charge on any atom is -0.455 e. The minimum absolute atomic E-state index is 0.196. The van der Waals surface area contributed by atoms with Gasteiger partial charge in [-0.25, -0.2) is 0 Å². The van der Waals surface area contributed by atoms with E-state index in [-0.39, 0.29) is 101 Å². The molecule has 117 heavy (non-hydrogen) atoms. The molecule has 546 valence electrons. The molecule has 0 saturated heterocycles. The largest absolute Gasteiger partial charge is 0.455 e. The van der Waals surface area contributed by atoms with E-state index >= 15 is 0 Å². The third kappa shape index (κ3) is 12.1. The molecular weight excluding hydrogens is 1450 g/mol. The molecule has 0 aliphatic rings. The molecular formula is C114H72OS2. The molecule has 0 radical (unpaired) electrons. The molecule has 0 saturated carbocycles. The fraction of sp³-hybridized carbons (Fsp3) is 0. The molecule has 0 spiro atoms. The van der Waals surface area contributed by atoms with Crippen molar-refractivity contribution in [2.45, 2.75) is 0 Å². The number of para-hydroxylation sites is 2. The van der Waals surface area contributed by atoms with Gasteiger partial charge in [0.25, 0.3) is 0 Å². The molecule has 0 atom stereocenters. The van der Waals surface area contributed by atoms with Crippen molar-refractivity contribution in [3.63, 3.8) is 0 Å². The molecule has 0 bridgehead atoms. The first-order valence-electron chi connectivity index (χ1n) is 46.4. The zero-order valence-electron chi connectivity index (χ0n) is 77.6. The highest BCUT2D eigenvalue weighted by atomic mass is 32.1. The maximum atomic E-state index is 8.77. The highest BCUT2D eigenvalue weighted by Gasteiger charge is 2.22. The van der Waals surface area contributed by atoms with E-state index in [1.165, 1.54) is 51.5 Å². The van der Waals surface area contributed by atoms with E-state index in [1.54, 1.807) is 0 Å². The van der Waals surface area contributed by atoms with Crippen molar-refractivity contribution < 1.29 is 25.0 Å². The lowest BCUT2D eigenvalue weighted by Crippen LogP contribution is -1.90. The second kappa shape index (κ2) is 29.4. The van der Waals surface area contributed by atoms with Crippen molar-refractivity contribution >= 4 is 150 Å². The SMILES string of the molecule is [2H]c1c([2H])c([2H])c(-c2c3ccccc3c(-c3ccc(-c4ccc5sc6ccccc6c5c4)cc3)c3ccccc23)c([2H])c1[2H].[2H]c1c([2H])c([2H])c(-c2c3ccccc3c(-c3ccc(-c4cccc5c4oc4ccccc45)cc3)c3ccccc23)c([2H])c1[2H].[2H]c1c([2H])c([2H])c(-c2c3ccccc3c(-c3ccc(-c4cccc5c4sc4ccccc45)cc3)c3ccccc23)c([2H])c1[2H]. The van der Waals surface area contributed by atoms with Crippen LogP contribution in [0.2, 0.25) is 0 Å². The molecule has 24 rings (SSSR count). The number of thiophene rings is 2. The number of furan rings is 1. The first kappa shape index (κ1) is 55.0. The molecule has 0 fully saturated rings. The zero-order chi connectivity index (χ0) is 90.3. The first-order chi connectivity index (χ1) is 64.3. The van der Waals surface area contributed by atoms with Crippen LogP contribution in [0.25, 0.3) is 227 Å². The van der Waals surface area contributed by atoms with Gasteiger partial charge in [0, 0.05) is 56.7 Å². The summed E-state index contributed by atoms with van der Waals surface area (Å²) in [5, 5.41) is 18.1. The van der Waals surface area contributed by atoms with Crippen LogP contribution in [0.1, 0.15) is 20.6 Å². The van der Waals surface area contributed by atoms with Crippen LogP contribution in [0.4, 0.5) is 0 Å². The molecule has 1 nitrogen and oxygen atoms in total. The second-order valence-electron chi connectivity index (χ2n) is 29.1. The van der Waals surface area contributed by atoms with Crippen LogP contribution >= 0.6 is 22.7 Å². The van der Waals surface area contributed by atoms with E-state index < -0.39 is 6.04 Å². The summed E-state index contributed by atoms with van der Waals surface area (Å²) in [5.74, 6) is 0. The number of benzene rings is 21. The fourth-order valence-corrected chi connectivity index (χ4v) is 19.9. The minimum atomic E-state index is -0.396. The maximum absolute atomic E-state index is 8.77. The smallest absolute Gasteiger partial charge is 0.143 e. The van der Waals surface area contributed by atoms with Gasteiger partial charge in [-0.05, 0) is 190 Å². The quantitative estimate of drug-likeness (QED) is 0.131. The van der Waals surface area contributed by atoms with E-state index in [1.807, 2.05) is 162 Å². The number of hydrogen-bond donors (Lipinski definition) is 0. The van der Waals surface area contributed by atoms with Gasteiger partial charge in [-0.15, -0.1) is 22.7 Å². The van der Waals surface area contributed by atoms with Gasteiger partial charge in [0.05, 0.1) is 20.6 Å². The second-order valence-corrected chi connectivity index (χ2v) is 31.3. The Kier molecular flexibility index (Phi) is 13.8. The Morgan fingerprint density at radius 2 is 0.462 bits per heavy atom. The van der Waals surface area contributed by atoms with Gasteiger partial charge in [0.15, 0.2) is 0 Å². The van der Waals surface area contributed by atoms with Crippen LogP contribution in [0.3, 0.4) is 0 Å². The van der Waals surface area contributed by atoms with Gasteiger partial charge in [0.2, 0.25) is 0 Å². The molecule has 0 N–H and O–H groups in total. The highest BCUT2D eigenvalue weighted by molar-refractivity contribution is 7.26. The molecule has 3 heteroatoms. The zero-order valence-corrected chi connectivity index (χ0v) is 64.3. The molecule has 0 unspecified atom stereocenters. The van der Waals surface area contributed by atoms with Crippen molar-refractivity contribution in [3.05, 3.63) is 436 Å². The van der Waals surface area contributed by atoms with Gasteiger partial charge in [-0.2, -0.15) is 0 Å². The van der Waals surface area contributed by atoms with Gasteiger partial charge in [-0.1, -0.05) is 406 Å². The third-order valence-electron chi connectivity index (χ3n) is 22.7. The van der Waals surface area contributed by atoms with Crippen molar-refractivity contribution in [2.75, 3.05) is 0 Å². The fourth-order valence-electron chi connectivity index (χ4n) is 17.6.